The average molecular weight is 333 g/mol. The molecule has 24 heavy (non-hydrogen) atoms. The maximum Gasteiger partial charge on any atom is 0.354 e. The molecule has 4 rings (SSSR count). The first-order chi connectivity index (χ1) is 11.4. The third kappa shape index (κ3) is 2.06. The Bertz CT molecular complexity index is 960. The van der Waals surface area contributed by atoms with E-state index in [0.29, 0.717) is 40.1 Å². The fraction of sp³-hybridized carbons (Fsp3) is 0.500. The van der Waals surface area contributed by atoms with E-state index in [2.05, 4.69) is 0 Å². The number of aryl methyl sites for hydroxylation is 1. The van der Waals surface area contributed by atoms with Crippen LogP contribution in [0.3, 0.4) is 0 Å². The van der Waals surface area contributed by atoms with Crippen molar-refractivity contribution >= 4 is 11.2 Å². The van der Waals surface area contributed by atoms with Crippen molar-refractivity contribution in [2.45, 2.75) is 38.1 Å². The van der Waals surface area contributed by atoms with E-state index in [0.717, 1.165) is 25.5 Å². The van der Waals surface area contributed by atoms with Crippen LogP contribution < -0.4 is 27.7 Å². The van der Waals surface area contributed by atoms with Crippen LogP contribution in [-0.4, -0.2) is 28.2 Å². The van der Waals surface area contributed by atoms with Crippen molar-refractivity contribution < 1.29 is 4.39 Å². The van der Waals surface area contributed by atoms with Gasteiger partial charge in [0.25, 0.3) is 5.56 Å². The average Bonchev–Trinajstić information content (AvgIpc) is 3.28. The summed E-state index contributed by atoms with van der Waals surface area (Å²) in [5.41, 5.74) is 6.76. The van der Waals surface area contributed by atoms with Gasteiger partial charge in [-0.05, 0) is 32.1 Å². The van der Waals surface area contributed by atoms with E-state index in [1.165, 1.54) is 4.40 Å². The molecule has 8 heteroatoms. The zero-order valence-corrected chi connectivity index (χ0v) is 13.5. The van der Waals surface area contributed by atoms with Crippen molar-refractivity contribution in [1.82, 2.24) is 9.08 Å². The normalized spacial score (nSPS) is 21.0. The molecule has 0 amide bonds. The highest BCUT2D eigenvalue weighted by molar-refractivity contribution is 5.72. The van der Waals surface area contributed by atoms with E-state index >= 15 is 0 Å². The number of rotatable bonds is 2. The zero-order valence-electron chi connectivity index (χ0n) is 13.5. The highest BCUT2D eigenvalue weighted by atomic mass is 19.1. The molecule has 2 aromatic heterocycles. The molecule has 0 radical (unpaired) electrons. The molecule has 0 bridgehead atoms. The summed E-state index contributed by atoms with van der Waals surface area (Å²) in [7, 11) is 0. The van der Waals surface area contributed by atoms with Gasteiger partial charge in [-0.3, -0.25) is 9.20 Å². The maximum absolute atomic E-state index is 14.7. The van der Waals surface area contributed by atoms with E-state index < -0.39 is 17.1 Å². The van der Waals surface area contributed by atoms with Gasteiger partial charge in [0.15, 0.2) is 5.82 Å². The molecule has 1 aliphatic heterocycles. The Morgan fingerprint density at radius 1 is 1.25 bits per heavy atom. The fourth-order valence-electron chi connectivity index (χ4n) is 3.75. The molecule has 0 aromatic carbocycles. The van der Waals surface area contributed by atoms with Gasteiger partial charge in [0.1, 0.15) is 0 Å². The summed E-state index contributed by atoms with van der Waals surface area (Å²) in [4.78, 5) is 26.7. The molecular weight excluding hydrogens is 313 g/mol. The van der Waals surface area contributed by atoms with Crippen LogP contribution in [-0.2, 0) is 0 Å². The number of nitrogens with zero attached hydrogens (tertiary/aromatic N) is 3. The van der Waals surface area contributed by atoms with E-state index in [-0.39, 0.29) is 12.0 Å². The number of nitrogen functional groups attached to an aromatic ring is 1. The number of anilines is 1. The molecule has 1 atom stereocenters. The van der Waals surface area contributed by atoms with Crippen LogP contribution in [0.1, 0.15) is 36.3 Å². The second kappa shape index (κ2) is 5.07. The lowest BCUT2D eigenvalue weighted by Gasteiger charge is -2.23. The van der Waals surface area contributed by atoms with Crippen molar-refractivity contribution in [2.75, 3.05) is 23.8 Å². The first kappa shape index (κ1) is 15.2. The first-order valence-corrected chi connectivity index (χ1v) is 8.16. The van der Waals surface area contributed by atoms with Crippen molar-refractivity contribution in [3.05, 3.63) is 44.0 Å². The highest BCUT2D eigenvalue weighted by Gasteiger charge is 2.33. The molecule has 1 unspecified atom stereocenters. The van der Waals surface area contributed by atoms with Gasteiger partial charge in [0, 0.05) is 30.3 Å². The largest absolute Gasteiger partial charge is 0.367 e. The Hall–Kier alpha value is -2.35. The summed E-state index contributed by atoms with van der Waals surface area (Å²) in [6.45, 7) is 2.97. The third-order valence-corrected chi connectivity index (χ3v) is 5.06. The molecular formula is C16H20FN5O2. The predicted octanol–water partition coefficient (Wildman–Crippen LogP) is 0.0373. The van der Waals surface area contributed by atoms with E-state index in [9.17, 15) is 14.0 Å². The molecule has 2 fully saturated rings. The van der Waals surface area contributed by atoms with Crippen LogP contribution in [0, 0.1) is 12.7 Å². The van der Waals surface area contributed by atoms with Crippen molar-refractivity contribution in [3.63, 3.8) is 0 Å². The molecule has 7 nitrogen and oxygen atoms in total. The predicted molar refractivity (Wildman–Crippen MR) is 89.6 cm³/mol. The molecule has 1 saturated heterocycles. The zero-order chi connectivity index (χ0) is 17.2. The van der Waals surface area contributed by atoms with Crippen LogP contribution >= 0.6 is 0 Å². The SMILES string of the molecule is Cc1c(N2CCC(N)C2)c(F)cn2c(=O)n(N)c(=O)c(C3CC3)c12. The van der Waals surface area contributed by atoms with Gasteiger partial charge in [-0.15, -0.1) is 0 Å². The summed E-state index contributed by atoms with van der Waals surface area (Å²) in [6.07, 6.45) is 3.68. The lowest BCUT2D eigenvalue weighted by molar-refractivity contribution is 0.607. The molecule has 4 N–H and O–H groups in total. The van der Waals surface area contributed by atoms with Crippen LogP contribution in [0.2, 0.25) is 0 Å². The Kier molecular flexibility index (Phi) is 3.21. The Morgan fingerprint density at radius 3 is 2.54 bits per heavy atom. The molecule has 128 valence electrons. The molecule has 2 aliphatic rings. The smallest absolute Gasteiger partial charge is 0.354 e. The lowest BCUT2D eigenvalue weighted by atomic mass is 10.1. The Labute approximate surface area is 137 Å². The van der Waals surface area contributed by atoms with Gasteiger partial charge < -0.3 is 16.5 Å². The van der Waals surface area contributed by atoms with Crippen LogP contribution in [0.5, 0.6) is 0 Å². The monoisotopic (exact) mass is 333 g/mol. The quantitative estimate of drug-likeness (QED) is 0.756. The third-order valence-electron chi connectivity index (χ3n) is 5.06. The number of hydrogen-bond donors (Lipinski definition) is 2. The second-order valence-corrected chi connectivity index (χ2v) is 6.81. The summed E-state index contributed by atoms with van der Waals surface area (Å²) < 4.78 is 16.5. The molecule has 1 aliphatic carbocycles. The van der Waals surface area contributed by atoms with Gasteiger partial charge in [0.2, 0.25) is 0 Å². The van der Waals surface area contributed by atoms with Crippen molar-refractivity contribution in [3.8, 4) is 0 Å². The van der Waals surface area contributed by atoms with Gasteiger partial charge in [0.05, 0.1) is 17.4 Å². The molecule has 3 heterocycles. The fourth-order valence-corrected chi connectivity index (χ4v) is 3.75. The summed E-state index contributed by atoms with van der Waals surface area (Å²) >= 11 is 0. The minimum Gasteiger partial charge on any atom is -0.367 e. The number of pyridine rings is 1. The maximum atomic E-state index is 14.7. The topological polar surface area (TPSA) is 98.8 Å². The van der Waals surface area contributed by atoms with Crippen LogP contribution in [0.25, 0.3) is 5.52 Å². The van der Waals surface area contributed by atoms with Gasteiger partial charge in [-0.2, -0.15) is 4.68 Å². The van der Waals surface area contributed by atoms with E-state index in [1.807, 2.05) is 4.90 Å². The number of aromatic nitrogens is 2. The van der Waals surface area contributed by atoms with Crippen molar-refractivity contribution in [1.29, 1.82) is 0 Å². The number of hydrogen-bond acceptors (Lipinski definition) is 5. The highest BCUT2D eigenvalue weighted by Crippen LogP contribution is 2.42. The number of fused-ring (bicyclic) bond motifs is 1. The molecule has 2 aromatic rings. The summed E-state index contributed by atoms with van der Waals surface area (Å²) in [5, 5.41) is 0. The van der Waals surface area contributed by atoms with Crippen LogP contribution in [0.15, 0.2) is 15.8 Å². The van der Waals surface area contributed by atoms with Crippen molar-refractivity contribution in [2.24, 2.45) is 5.73 Å². The Balaban J connectivity index is 2.08. The summed E-state index contributed by atoms with van der Waals surface area (Å²) in [5.74, 6) is 5.20. The Morgan fingerprint density at radius 2 is 1.96 bits per heavy atom. The van der Waals surface area contributed by atoms with Gasteiger partial charge >= 0.3 is 5.69 Å². The van der Waals surface area contributed by atoms with Gasteiger partial charge in [-0.25, -0.2) is 9.18 Å². The first-order valence-electron chi connectivity index (χ1n) is 8.16. The standard InChI is InChI=1S/C16H20FN5O2/c1-8-13(20-5-4-10(18)6-20)11(17)7-21-14(8)12(9-2-3-9)15(23)22(19)16(21)24/h7,9-10H,2-6,18-19H2,1H3. The summed E-state index contributed by atoms with van der Waals surface area (Å²) in [6, 6.07) is 0.00200. The second-order valence-electron chi connectivity index (χ2n) is 6.81. The molecule has 0 spiro atoms. The minimum absolute atomic E-state index is 0.00200. The number of halogens is 1. The number of nitrogens with two attached hydrogens (primary N) is 2. The van der Waals surface area contributed by atoms with Crippen LogP contribution in [0.4, 0.5) is 10.1 Å². The van der Waals surface area contributed by atoms with E-state index in [1.54, 1.807) is 6.92 Å². The minimum atomic E-state index is -0.730. The van der Waals surface area contributed by atoms with E-state index in [4.69, 9.17) is 11.6 Å². The van der Waals surface area contributed by atoms with Gasteiger partial charge in [-0.1, -0.05) is 0 Å². The lowest BCUT2D eigenvalue weighted by Crippen LogP contribution is -2.44. The molecule has 1 saturated carbocycles.